The number of hydrogen-bond donors (Lipinski definition) is 1. The molecule has 1 fully saturated rings. The first kappa shape index (κ1) is 16.0. The second-order valence-corrected chi connectivity index (χ2v) is 8.52. The van der Waals surface area contributed by atoms with Crippen molar-refractivity contribution in [2.24, 2.45) is 0 Å². The monoisotopic (exact) mass is 429 g/mol. The number of fused-ring (bicyclic) bond motifs is 1. The molecular formula is C16H17FIN3S. The Balaban J connectivity index is 1.91. The summed E-state index contributed by atoms with van der Waals surface area (Å²) < 4.78 is 16.5. The van der Waals surface area contributed by atoms with Crippen LogP contribution in [-0.2, 0) is 6.42 Å². The van der Waals surface area contributed by atoms with Crippen molar-refractivity contribution < 1.29 is 4.39 Å². The summed E-state index contributed by atoms with van der Waals surface area (Å²) in [6.07, 6.45) is 0.370. The Hall–Kier alpha value is -0.910. The summed E-state index contributed by atoms with van der Waals surface area (Å²) in [4.78, 5) is 2.03. The Morgan fingerprint density at radius 3 is 3.09 bits per heavy atom. The molecule has 1 aliphatic rings. The number of nitrogens with zero attached hydrogens (tertiary/aromatic N) is 2. The minimum Gasteiger partial charge on any atom is -0.378 e. The van der Waals surface area contributed by atoms with Gasteiger partial charge in [0.1, 0.15) is 6.17 Å². The minimum atomic E-state index is -0.855. The van der Waals surface area contributed by atoms with Gasteiger partial charge in [-0.05, 0) is 53.1 Å². The van der Waals surface area contributed by atoms with Gasteiger partial charge in [0.15, 0.2) is 0 Å². The van der Waals surface area contributed by atoms with E-state index in [4.69, 9.17) is 5.26 Å². The predicted octanol–water partition coefficient (Wildman–Crippen LogP) is 4.03. The van der Waals surface area contributed by atoms with Crippen molar-refractivity contribution in [2.45, 2.75) is 25.1 Å². The van der Waals surface area contributed by atoms with Gasteiger partial charge >= 0.3 is 0 Å². The highest BCUT2D eigenvalue weighted by Gasteiger charge is 2.28. The lowest BCUT2D eigenvalue weighted by molar-refractivity contribution is 0.149. The van der Waals surface area contributed by atoms with Crippen molar-refractivity contribution in [2.75, 3.05) is 25.5 Å². The van der Waals surface area contributed by atoms with E-state index in [0.29, 0.717) is 13.0 Å². The second kappa shape index (κ2) is 6.69. The molecule has 2 aromatic rings. The van der Waals surface area contributed by atoms with Crippen molar-refractivity contribution in [3.05, 3.63) is 26.6 Å². The number of rotatable bonds is 3. The van der Waals surface area contributed by atoms with Crippen LogP contribution in [0.25, 0.3) is 10.1 Å². The van der Waals surface area contributed by atoms with Gasteiger partial charge in [0.2, 0.25) is 0 Å². The number of benzene rings is 1. The van der Waals surface area contributed by atoms with Gasteiger partial charge in [-0.2, -0.15) is 5.26 Å². The molecule has 0 saturated carbocycles. The zero-order valence-electron chi connectivity index (χ0n) is 12.3. The number of nitriles is 1. The Morgan fingerprint density at radius 1 is 1.55 bits per heavy atom. The van der Waals surface area contributed by atoms with E-state index in [1.165, 1.54) is 0 Å². The van der Waals surface area contributed by atoms with Crippen molar-refractivity contribution in [1.82, 2.24) is 4.90 Å². The van der Waals surface area contributed by atoms with Gasteiger partial charge in [-0.1, -0.05) is 12.1 Å². The zero-order chi connectivity index (χ0) is 15.7. The minimum absolute atomic E-state index is 0.138. The molecule has 1 N–H and O–H groups in total. The third-order valence-corrected chi connectivity index (χ3v) is 6.49. The van der Waals surface area contributed by atoms with Crippen molar-refractivity contribution in [1.29, 1.82) is 5.26 Å². The number of alkyl halides is 1. The van der Waals surface area contributed by atoms with Crippen LogP contribution in [0.5, 0.6) is 0 Å². The van der Waals surface area contributed by atoms with Gasteiger partial charge in [-0.15, -0.1) is 11.3 Å². The van der Waals surface area contributed by atoms with Gasteiger partial charge in [0, 0.05) is 13.1 Å². The topological polar surface area (TPSA) is 39.1 Å². The lowest BCUT2D eigenvalue weighted by Crippen LogP contribution is -2.46. The molecule has 1 aromatic carbocycles. The fourth-order valence-corrected chi connectivity index (χ4v) is 5.08. The number of thiophene rings is 1. The zero-order valence-corrected chi connectivity index (χ0v) is 15.2. The molecule has 1 aromatic heterocycles. The van der Waals surface area contributed by atoms with Crippen LogP contribution >= 0.6 is 33.9 Å². The standard InChI is InChI=1S/C16H17FIN3S/c1-21-8-6-13(12(17)9-21)20-14-4-2-3-10-11(5-7-19)16(18)22-15(10)14/h2-4,12-13,20H,5-6,8-9H2,1H3. The van der Waals surface area contributed by atoms with Gasteiger partial charge < -0.3 is 10.2 Å². The van der Waals surface area contributed by atoms with Gasteiger partial charge in [-0.3, -0.25) is 0 Å². The molecule has 2 atom stereocenters. The molecular weight excluding hydrogens is 412 g/mol. The summed E-state index contributed by atoms with van der Waals surface area (Å²) in [6.45, 7) is 1.39. The molecule has 0 spiro atoms. The van der Waals surface area contributed by atoms with Crippen LogP contribution in [-0.4, -0.2) is 37.3 Å². The molecule has 0 bridgehead atoms. The number of nitrogens with one attached hydrogen (secondary N) is 1. The Morgan fingerprint density at radius 2 is 2.36 bits per heavy atom. The smallest absolute Gasteiger partial charge is 0.133 e. The quantitative estimate of drug-likeness (QED) is 0.750. The average Bonchev–Trinajstić information content (AvgIpc) is 2.80. The van der Waals surface area contributed by atoms with Gasteiger partial charge in [-0.25, -0.2) is 4.39 Å². The van der Waals surface area contributed by atoms with E-state index in [1.807, 2.05) is 30.1 Å². The lowest BCUT2D eigenvalue weighted by atomic mass is 10.0. The summed E-state index contributed by atoms with van der Waals surface area (Å²) >= 11 is 3.97. The third-order valence-electron chi connectivity index (χ3n) is 4.11. The number of halogens is 2. The first-order chi connectivity index (χ1) is 10.6. The largest absolute Gasteiger partial charge is 0.378 e. The van der Waals surface area contributed by atoms with Crippen LogP contribution < -0.4 is 5.32 Å². The normalized spacial score (nSPS) is 22.6. The highest BCUT2D eigenvalue weighted by atomic mass is 127. The van der Waals surface area contributed by atoms with Crippen LogP contribution in [0.1, 0.15) is 12.0 Å². The first-order valence-electron chi connectivity index (χ1n) is 7.26. The molecule has 2 heterocycles. The number of hydrogen-bond acceptors (Lipinski definition) is 4. The van der Waals surface area contributed by atoms with Gasteiger partial charge in [0.25, 0.3) is 0 Å². The van der Waals surface area contributed by atoms with Crippen LogP contribution in [0, 0.1) is 14.2 Å². The summed E-state index contributed by atoms with van der Waals surface area (Å²) in [5, 5.41) is 13.5. The lowest BCUT2D eigenvalue weighted by Gasteiger charge is -2.33. The molecule has 116 valence electrons. The molecule has 3 rings (SSSR count). The summed E-state index contributed by atoms with van der Waals surface area (Å²) in [5.74, 6) is 0. The highest BCUT2D eigenvalue weighted by Crippen LogP contribution is 2.38. The van der Waals surface area contributed by atoms with E-state index in [-0.39, 0.29) is 6.04 Å². The van der Waals surface area contributed by atoms with Gasteiger partial charge in [0.05, 0.1) is 31.8 Å². The summed E-state index contributed by atoms with van der Waals surface area (Å²) in [7, 11) is 1.96. The van der Waals surface area contributed by atoms with E-state index in [1.54, 1.807) is 11.3 Å². The molecule has 0 aliphatic carbocycles. The SMILES string of the molecule is CN1CCC(Nc2cccc3c(CC#N)c(I)sc23)C(F)C1. The highest BCUT2D eigenvalue weighted by molar-refractivity contribution is 14.1. The predicted molar refractivity (Wildman–Crippen MR) is 98.3 cm³/mol. The van der Waals surface area contributed by atoms with Crippen LogP contribution in [0.3, 0.4) is 0 Å². The van der Waals surface area contributed by atoms with E-state index < -0.39 is 6.17 Å². The molecule has 0 amide bonds. The molecule has 22 heavy (non-hydrogen) atoms. The maximum absolute atomic E-state index is 14.2. The number of likely N-dealkylation sites (tertiary alicyclic amines) is 1. The van der Waals surface area contributed by atoms with E-state index in [2.05, 4.69) is 34.0 Å². The van der Waals surface area contributed by atoms with Crippen molar-refractivity contribution >= 4 is 49.7 Å². The van der Waals surface area contributed by atoms with E-state index in [9.17, 15) is 4.39 Å². The van der Waals surface area contributed by atoms with E-state index >= 15 is 0 Å². The van der Waals surface area contributed by atoms with Crippen molar-refractivity contribution in [3.63, 3.8) is 0 Å². The van der Waals surface area contributed by atoms with Crippen molar-refractivity contribution in [3.8, 4) is 6.07 Å². The van der Waals surface area contributed by atoms with Crippen LogP contribution in [0.15, 0.2) is 18.2 Å². The Bertz CT molecular complexity index is 724. The fourth-order valence-electron chi connectivity index (χ4n) is 2.92. The Labute approximate surface area is 147 Å². The number of anilines is 1. The number of piperidine rings is 1. The summed E-state index contributed by atoms with van der Waals surface area (Å²) in [6, 6.07) is 8.14. The Kier molecular flexibility index (Phi) is 4.85. The van der Waals surface area contributed by atoms with Crippen LogP contribution in [0.4, 0.5) is 10.1 Å². The second-order valence-electron chi connectivity index (χ2n) is 5.69. The molecule has 6 heteroatoms. The molecule has 1 saturated heterocycles. The average molecular weight is 429 g/mol. The molecule has 0 radical (unpaired) electrons. The van der Waals surface area contributed by atoms with E-state index in [0.717, 1.165) is 37.2 Å². The van der Waals surface area contributed by atoms with Crippen LogP contribution in [0.2, 0.25) is 0 Å². The molecule has 2 unspecified atom stereocenters. The maximum Gasteiger partial charge on any atom is 0.133 e. The molecule has 3 nitrogen and oxygen atoms in total. The maximum atomic E-state index is 14.2. The fraction of sp³-hybridized carbons (Fsp3) is 0.438. The molecule has 1 aliphatic heterocycles. The third kappa shape index (κ3) is 3.07. The first-order valence-corrected chi connectivity index (χ1v) is 9.15. The summed E-state index contributed by atoms with van der Waals surface area (Å²) in [5.41, 5.74) is 2.08.